The second-order valence-electron chi connectivity index (χ2n) is 2.66. The minimum Gasteiger partial charge on any atom is -0.477 e. The number of nitrogens with zero attached hydrogens (tertiary/aromatic N) is 2. The number of hydrogen-bond donors (Lipinski definition) is 2. The Bertz CT molecular complexity index is 419. The summed E-state index contributed by atoms with van der Waals surface area (Å²) in [7, 11) is 0. The van der Waals surface area contributed by atoms with E-state index in [1.807, 2.05) is 0 Å². The van der Waals surface area contributed by atoms with Gasteiger partial charge in [-0.3, -0.25) is 10.1 Å². The molecule has 16 heavy (non-hydrogen) atoms. The van der Waals surface area contributed by atoms with Gasteiger partial charge in [-0.05, 0) is 6.07 Å². The average Bonchev–Trinajstić information content (AvgIpc) is 2.25. The Morgan fingerprint density at radius 2 is 2.25 bits per heavy atom. The second kappa shape index (κ2) is 5.03. The molecule has 0 fully saturated rings. The molecule has 1 heterocycles. The lowest BCUT2D eigenvalue weighted by molar-refractivity contribution is -0.386. The molecule has 86 valence electrons. The van der Waals surface area contributed by atoms with Crippen LogP contribution in [-0.4, -0.2) is 39.3 Å². The maximum absolute atomic E-state index is 10.6. The van der Waals surface area contributed by atoms with Crippen LogP contribution in [0, 0.1) is 10.1 Å². The van der Waals surface area contributed by atoms with Crippen molar-refractivity contribution < 1.29 is 24.7 Å². The molecule has 0 saturated heterocycles. The van der Waals surface area contributed by atoms with Crippen LogP contribution in [0.1, 0.15) is 10.5 Å². The van der Waals surface area contributed by atoms with Crippen molar-refractivity contribution in [1.29, 1.82) is 0 Å². The van der Waals surface area contributed by atoms with Gasteiger partial charge in [-0.1, -0.05) is 0 Å². The molecule has 0 atom stereocenters. The van der Waals surface area contributed by atoms with Gasteiger partial charge in [0, 0.05) is 6.07 Å². The van der Waals surface area contributed by atoms with Crippen LogP contribution in [0.4, 0.5) is 5.69 Å². The zero-order valence-corrected chi connectivity index (χ0v) is 7.99. The van der Waals surface area contributed by atoms with Crippen molar-refractivity contribution in [3.05, 3.63) is 27.9 Å². The van der Waals surface area contributed by atoms with Crippen molar-refractivity contribution in [3.63, 3.8) is 0 Å². The van der Waals surface area contributed by atoms with Crippen LogP contribution in [-0.2, 0) is 0 Å². The van der Waals surface area contributed by atoms with Crippen molar-refractivity contribution in [3.8, 4) is 5.88 Å². The zero-order chi connectivity index (χ0) is 12.1. The Kier molecular flexibility index (Phi) is 3.72. The topological polar surface area (TPSA) is 123 Å². The van der Waals surface area contributed by atoms with E-state index in [0.29, 0.717) is 0 Å². The summed E-state index contributed by atoms with van der Waals surface area (Å²) in [5, 5.41) is 27.7. The predicted molar refractivity (Wildman–Crippen MR) is 50.4 cm³/mol. The number of carboxylic acids is 1. The van der Waals surface area contributed by atoms with E-state index in [1.165, 1.54) is 0 Å². The highest BCUT2D eigenvalue weighted by atomic mass is 16.6. The first kappa shape index (κ1) is 11.9. The second-order valence-corrected chi connectivity index (χ2v) is 2.66. The largest absolute Gasteiger partial charge is 0.477 e. The molecule has 0 aliphatic heterocycles. The molecule has 0 saturated carbocycles. The summed E-state index contributed by atoms with van der Waals surface area (Å²) in [6.45, 7) is -0.549. The fourth-order valence-electron chi connectivity index (χ4n) is 0.940. The Morgan fingerprint density at radius 1 is 1.56 bits per heavy atom. The molecule has 8 nitrogen and oxygen atoms in total. The summed E-state index contributed by atoms with van der Waals surface area (Å²) in [5.41, 5.74) is -0.808. The van der Waals surface area contributed by atoms with Crippen molar-refractivity contribution >= 4 is 11.7 Å². The van der Waals surface area contributed by atoms with Crippen molar-refractivity contribution in [2.75, 3.05) is 13.2 Å². The summed E-state index contributed by atoms with van der Waals surface area (Å²) >= 11 is 0. The van der Waals surface area contributed by atoms with Gasteiger partial charge in [-0.15, -0.1) is 0 Å². The molecule has 1 aromatic heterocycles. The number of aliphatic hydroxyl groups excluding tert-OH is 1. The molecule has 0 spiro atoms. The minimum absolute atomic E-state index is 0.198. The molecule has 0 aliphatic carbocycles. The Labute approximate surface area is 89.3 Å². The molecule has 0 amide bonds. The van der Waals surface area contributed by atoms with Gasteiger partial charge in [0.05, 0.1) is 11.5 Å². The zero-order valence-electron chi connectivity index (χ0n) is 7.99. The molecule has 8 heteroatoms. The van der Waals surface area contributed by atoms with Crippen LogP contribution < -0.4 is 4.74 Å². The maximum atomic E-state index is 10.6. The highest BCUT2D eigenvalue weighted by molar-refractivity contribution is 5.85. The third-order valence-corrected chi connectivity index (χ3v) is 1.59. The number of hydrogen-bond acceptors (Lipinski definition) is 6. The third kappa shape index (κ3) is 2.64. The molecule has 1 rings (SSSR count). The van der Waals surface area contributed by atoms with Gasteiger partial charge in [0.15, 0.2) is 5.69 Å². The Morgan fingerprint density at radius 3 is 2.75 bits per heavy atom. The van der Waals surface area contributed by atoms with Crippen LogP contribution in [0.25, 0.3) is 0 Å². The Balaban J connectivity index is 3.10. The first-order valence-corrected chi connectivity index (χ1v) is 4.18. The lowest BCUT2D eigenvalue weighted by atomic mass is 10.3. The van der Waals surface area contributed by atoms with Crippen molar-refractivity contribution in [2.45, 2.75) is 0 Å². The van der Waals surface area contributed by atoms with Crippen molar-refractivity contribution in [2.24, 2.45) is 0 Å². The normalized spacial score (nSPS) is 9.81. The van der Waals surface area contributed by atoms with E-state index < -0.39 is 22.5 Å². The third-order valence-electron chi connectivity index (χ3n) is 1.59. The smallest absolute Gasteiger partial charge is 0.354 e. The van der Waals surface area contributed by atoms with E-state index >= 15 is 0 Å². The lowest BCUT2D eigenvalue weighted by Gasteiger charge is -2.04. The molecule has 0 radical (unpaired) electrons. The van der Waals surface area contributed by atoms with Gasteiger partial charge in [0.2, 0.25) is 0 Å². The standard InChI is InChI=1S/C8H8N2O6/c11-3-4-16-7-6(10(14)15)2-1-5(9-7)8(12)13/h1-2,11H,3-4H2,(H,12,13). The number of pyridine rings is 1. The summed E-state index contributed by atoms with van der Waals surface area (Å²) < 4.78 is 4.77. The number of aromatic carboxylic acids is 1. The first-order chi connectivity index (χ1) is 7.56. The molecular weight excluding hydrogens is 220 g/mol. The maximum Gasteiger partial charge on any atom is 0.354 e. The van der Waals surface area contributed by atoms with E-state index in [9.17, 15) is 14.9 Å². The van der Waals surface area contributed by atoms with Crippen LogP contribution in [0.5, 0.6) is 5.88 Å². The number of aromatic nitrogens is 1. The van der Waals surface area contributed by atoms with Gasteiger partial charge in [-0.2, -0.15) is 0 Å². The molecular formula is C8H8N2O6. The predicted octanol–water partition coefficient (Wildman–Crippen LogP) is 0.0591. The number of ether oxygens (including phenoxy) is 1. The summed E-state index contributed by atoms with van der Waals surface area (Å²) in [6.07, 6.45) is 0. The Hall–Kier alpha value is -2.22. The van der Waals surface area contributed by atoms with Gasteiger partial charge >= 0.3 is 11.7 Å². The molecule has 1 aromatic rings. The number of carbonyl (C=O) groups is 1. The van der Waals surface area contributed by atoms with Crippen LogP contribution in [0.15, 0.2) is 12.1 Å². The number of carboxylic acid groups (broad SMARTS) is 1. The fraction of sp³-hybridized carbons (Fsp3) is 0.250. The molecule has 0 unspecified atom stereocenters. The van der Waals surface area contributed by atoms with E-state index in [1.54, 1.807) is 0 Å². The van der Waals surface area contributed by atoms with E-state index in [-0.39, 0.29) is 18.9 Å². The van der Waals surface area contributed by atoms with Crippen LogP contribution in [0.2, 0.25) is 0 Å². The highest BCUT2D eigenvalue weighted by Crippen LogP contribution is 2.24. The van der Waals surface area contributed by atoms with Gasteiger partial charge in [0.25, 0.3) is 5.88 Å². The lowest BCUT2D eigenvalue weighted by Crippen LogP contribution is -2.08. The number of rotatable bonds is 5. The summed E-state index contributed by atoms with van der Waals surface area (Å²) in [5.74, 6) is -1.73. The van der Waals surface area contributed by atoms with Gasteiger partial charge < -0.3 is 14.9 Å². The molecule has 2 N–H and O–H groups in total. The van der Waals surface area contributed by atoms with E-state index in [4.69, 9.17) is 14.9 Å². The number of aliphatic hydroxyl groups is 1. The highest BCUT2D eigenvalue weighted by Gasteiger charge is 2.19. The van der Waals surface area contributed by atoms with Crippen LogP contribution >= 0.6 is 0 Å². The monoisotopic (exact) mass is 228 g/mol. The number of nitro groups is 1. The quantitative estimate of drug-likeness (QED) is 0.539. The molecule has 0 bridgehead atoms. The van der Waals surface area contributed by atoms with Gasteiger partial charge in [0.1, 0.15) is 6.61 Å². The van der Waals surface area contributed by atoms with Crippen molar-refractivity contribution in [1.82, 2.24) is 4.98 Å². The average molecular weight is 228 g/mol. The van der Waals surface area contributed by atoms with Gasteiger partial charge in [-0.25, -0.2) is 9.78 Å². The first-order valence-electron chi connectivity index (χ1n) is 4.18. The van der Waals surface area contributed by atoms with E-state index in [2.05, 4.69) is 4.98 Å². The van der Waals surface area contributed by atoms with E-state index in [0.717, 1.165) is 12.1 Å². The summed E-state index contributed by atoms with van der Waals surface area (Å²) in [4.78, 5) is 23.8. The molecule has 0 aliphatic rings. The SMILES string of the molecule is O=C(O)c1ccc([N+](=O)[O-])c(OCCO)n1. The molecule has 0 aromatic carbocycles. The summed E-state index contributed by atoms with van der Waals surface area (Å²) in [6, 6.07) is 2.00. The van der Waals surface area contributed by atoms with Crippen LogP contribution in [0.3, 0.4) is 0 Å². The fourth-order valence-corrected chi connectivity index (χ4v) is 0.940. The minimum atomic E-state index is -1.32.